The largest absolute Gasteiger partial charge is 0.458 e. The summed E-state index contributed by atoms with van der Waals surface area (Å²) in [5.74, 6) is 0.782. The van der Waals surface area contributed by atoms with Crippen molar-refractivity contribution in [1.29, 1.82) is 0 Å². The Morgan fingerprint density at radius 3 is 2.27 bits per heavy atom. The molecule has 3 heteroatoms. The molecule has 1 rings (SSSR count). The van der Waals surface area contributed by atoms with E-state index in [1.54, 1.807) is 11.8 Å². The Labute approximate surface area is 71.7 Å². The molecule has 0 bridgehead atoms. The number of hydrogen-bond acceptors (Lipinski definition) is 3. The summed E-state index contributed by atoms with van der Waals surface area (Å²) in [6.07, 6.45) is 0. The summed E-state index contributed by atoms with van der Waals surface area (Å²) in [5, 5.41) is 0. The number of thioether (sulfide) groups is 1. The molecule has 0 radical (unpaired) electrons. The molecule has 0 unspecified atom stereocenters. The maximum Gasteiger partial charge on any atom is 0.322 e. The molecule has 1 aliphatic rings. The van der Waals surface area contributed by atoms with E-state index < -0.39 is 0 Å². The van der Waals surface area contributed by atoms with Crippen LogP contribution < -0.4 is 0 Å². The number of cyclic esters (lactones) is 1. The van der Waals surface area contributed by atoms with Gasteiger partial charge in [-0.05, 0) is 27.7 Å². The third kappa shape index (κ3) is 1.89. The highest BCUT2D eigenvalue weighted by atomic mass is 32.2. The third-order valence-corrected chi connectivity index (χ3v) is 3.37. The fourth-order valence-corrected chi connectivity index (χ4v) is 1.74. The molecule has 0 amide bonds. The van der Waals surface area contributed by atoms with E-state index in [4.69, 9.17) is 4.74 Å². The lowest BCUT2D eigenvalue weighted by molar-refractivity contribution is -0.158. The quantitative estimate of drug-likeness (QED) is 0.524. The summed E-state index contributed by atoms with van der Waals surface area (Å²) >= 11 is 1.66. The predicted octanol–water partition coefficient (Wildman–Crippen LogP) is 1.83. The summed E-state index contributed by atoms with van der Waals surface area (Å²) in [5.41, 5.74) is -0.280. The van der Waals surface area contributed by atoms with Crippen molar-refractivity contribution in [3.05, 3.63) is 0 Å². The average molecular weight is 174 g/mol. The molecule has 64 valence electrons. The minimum atomic E-state index is -0.352. The predicted molar refractivity (Wildman–Crippen MR) is 46.7 cm³/mol. The number of ether oxygens (including phenoxy) is 1. The standard InChI is InChI=1S/C8H14O2S/c1-7(2)5-11-8(3,4)6(9)10-7/h5H2,1-4H3. The van der Waals surface area contributed by atoms with Gasteiger partial charge >= 0.3 is 5.97 Å². The van der Waals surface area contributed by atoms with Gasteiger partial charge in [0.15, 0.2) is 0 Å². The van der Waals surface area contributed by atoms with E-state index in [1.807, 2.05) is 27.7 Å². The minimum Gasteiger partial charge on any atom is -0.458 e. The molecule has 0 atom stereocenters. The zero-order chi connectivity index (χ0) is 8.70. The van der Waals surface area contributed by atoms with Crippen LogP contribution in [0.5, 0.6) is 0 Å². The highest BCUT2D eigenvalue weighted by molar-refractivity contribution is 8.01. The topological polar surface area (TPSA) is 26.3 Å². The number of carbonyl (C=O) groups is 1. The zero-order valence-corrected chi connectivity index (χ0v) is 8.25. The van der Waals surface area contributed by atoms with Gasteiger partial charge in [-0.1, -0.05) is 0 Å². The Hall–Kier alpha value is -0.180. The van der Waals surface area contributed by atoms with Crippen LogP contribution in [-0.2, 0) is 9.53 Å². The fourth-order valence-electron chi connectivity index (χ4n) is 0.816. The number of carbonyl (C=O) groups excluding carboxylic acids is 1. The van der Waals surface area contributed by atoms with Crippen molar-refractivity contribution >= 4 is 17.7 Å². The van der Waals surface area contributed by atoms with Gasteiger partial charge < -0.3 is 4.74 Å². The van der Waals surface area contributed by atoms with Gasteiger partial charge in [0, 0.05) is 5.75 Å². The van der Waals surface area contributed by atoms with Crippen molar-refractivity contribution in [1.82, 2.24) is 0 Å². The van der Waals surface area contributed by atoms with Crippen LogP contribution in [0.15, 0.2) is 0 Å². The second-order valence-electron chi connectivity index (χ2n) is 3.95. The van der Waals surface area contributed by atoms with Crippen molar-refractivity contribution in [2.24, 2.45) is 0 Å². The van der Waals surface area contributed by atoms with Crippen LogP contribution in [0.2, 0.25) is 0 Å². The number of hydrogen-bond donors (Lipinski definition) is 0. The molecule has 1 saturated heterocycles. The van der Waals surface area contributed by atoms with Crippen molar-refractivity contribution in [3.63, 3.8) is 0 Å². The Bertz CT molecular complexity index is 185. The van der Waals surface area contributed by atoms with E-state index in [9.17, 15) is 4.79 Å². The van der Waals surface area contributed by atoms with E-state index in [1.165, 1.54) is 0 Å². The van der Waals surface area contributed by atoms with Crippen LogP contribution in [0.1, 0.15) is 27.7 Å². The molecular formula is C8H14O2S. The van der Waals surface area contributed by atoms with Crippen LogP contribution in [0.4, 0.5) is 0 Å². The first kappa shape index (κ1) is 8.91. The summed E-state index contributed by atoms with van der Waals surface area (Å²) in [7, 11) is 0. The smallest absolute Gasteiger partial charge is 0.322 e. The molecule has 0 aromatic carbocycles. The second kappa shape index (κ2) is 2.41. The molecule has 11 heavy (non-hydrogen) atoms. The van der Waals surface area contributed by atoms with E-state index >= 15 is 0 Å². The molecule has 0 spiro atoms. The van der Waals surface area contributed by atoms with Gasteiger partial charge in [0.2, 0.25) is 0 Å². The lowest BCUT2D eigenvalue weighted by Crippen LogP contribution is -2.45. The zero-order valence-electron chi connectivity index (χ0n) is 7.43. The Morgan fingerprint density at radius 2 is 1.91 bits per heavy atom. The summed E-state index contributed by atoms with van der Waals surface area (Å²) < 4.78 is 4.88. The van der Waals surface area contributed by atoms with E-state index in [-0.39, 0.29) is 16.3 Å². The highest BCUT2D eigenvalue weighted by Gasteiger charge is 2.41. The first-order valence-corrected chi connectivity index (χ1v) is 4.69. The Morgan fingerprint density at radius 1 is 1.36 bits per heavy atom. The van der Waals surface area contributed by atoms with Gasteiger partial charge in [-0.25, -0.2) is 0 Å². The third-order valence-electron chi connectivity index (χ3n) is 1.64. The molecule has 0 aromatic heterocycles. The first-order chi connectivity index (χ1) is 4.83. The summed E-state index contributed by atoms with van der Waals surface area (Å²) in [6.45, 7) is 7.67. The summed E-state index contributed by atoms with van der Waals surface area (Å²) in [6, 6.07) is 0. The van der Waals surface area contributed by atoms with Crippen molar-refractivity contribution in [3.8, 4) is 0 Å². The van der Waals surface area contributed by atoms with Crippen molar-refractivity contribution in [2.45, 2.75) is 38.0 Å². The van der Waals surface area contributed by atoms with Crippen LogP contribution >= 0.6 is 11.8 Å². The maximum atomic E-state index is 11.3. The molecule has 1 aliphatic heterocycles. The molecular weight excluding hydrogens is 160 g/mol. The number of rotatable bonds is 0. The van der Waals surface area contributed by atoms with Gasteiger partial charge in [0.25, 0.3) is 0 Å². The summed E-state index contributed by atoms with van der Waals surface area (Å²) in [4.78, 5) is 11.3. The lowest BCUT2D eigenvalue weighted by Gasteiger charge is -2.37. The molecule has 2 nitrogen and oxygen atoms in total. The Balaban J connectivity index is 2.71. The molecule has 0 aliphatic carbocycles. The SMILES string of the molecule is CC1(C)CSC(C)(C)C(=O)O1. The molecule has 1 fully saturated rings. The van der Waals surface area contributed by atoms with Gasteiger partial charge in [0.05, 0.1) is 0 Å². The van der Waals surface area contributed by atoms with Crippen LogP contribution in [0, 0.1) is 0 Å². The average Bonchev–Trinajstić information content (AvgIpc) is 1.81. The molecule has 0 N–H and O–H groups in total. The monoisotopic (exact) mass is 174 g/mol. The molecule has 0 saturated carbocycles. The normalized spacial score (nSPS) is 27.8. The van der Waals surface area contributed by atoms with E-state index in [0.717, 1.165) is 5.75 Å². The van der Waals surface area contributed by atoms with Crippen molar-refractivity contribution < 1.29 is 9.53 Å². The van der Waals surface area contributed by atoms with Gasteiger partial charge in [0.1, 0.15) is 10.3 Å². The first-order valence-electron chi connectivity index (χ1n) is 3.71. The van der Waals surface area contributed by atoms with Crippen molar-refractivity contribution in [2.75, 3.05) is 5.75 Å². The number of esters is 1. The highest BCUT2D eigenvalue weighted by Crippen LogP contribution is 2.36. The second-order valence-corrected chi connectivity index (χ2v) is 5.55. The van der Waals surface area contributed by atoms with E-state index in [0.29, 0.717) is 0 Å². The van der Waals surface area contributed by atoms with Gasteiger partial charge in [-0.3, -0.25) is 4.79 Å². The fraction of sp³-hybridized carbons (Fsp3) is 0.875. The molecule has 1 heterocycles. The van der Waals surface area contributed by atoms with E-state index in [2.05, 4.69) is 0 Å². The van der Waals surface area contributed by atoms with Crippen LogP contribution in [0.3, 0.4) is 0 Å². The molecule has 0 aromatic rings. The Kier molecular flexibility index (Phi) is 1.95. The maximum absolute atomic E-state index is 11.3. The van der Waals surface area contributed by atoms with Gasteiger partial charge in [-0.2, -0.15) is 0 Å². The van der Waals surface area contributed by atoms with Crippen LogP contribution in [0.25, 0.3) is 0 Å². The van der Waals surface area contributed by atoms with Crippen LogP contribution in [-0.4, -0.2) is 22.1 Å². The van der Waals surface area contributed by atoms with Gasteiger partial charge in [-0.15, -0.1) is 11.8 Å². The minimum absolute atomic E-state index is 0.0984. The lowest BCUT2D eigenvalue weighted by atomic mass is 10.1.